The van der Waals surface area contributed by atoms with Crippen LogP contribution in [0, 0.1) is 11.8 Å². The number of hydrogen-bond acceptors (Lipinski definition) is 4. The number of rotatable bonds is 16. The molecule has 3 aromatic rings. The van der Waals surface area contributed by atoms with Crippen LogP contribution in [-0.4, -0.2) is 19.2 Å². The van der Waals surface area contributed by atoms with E-state index in [4.69, 9.17) is 14.2 Å². The van der Waals surface area contributed by atoms with Crippen molar-refractivity contribution in [3.8, 4) is 23.3 Å². The molecule has 0 spiro atoms. The zero-order valence-corrected chi connectivity index (χ0v) is 24.5. The first-order valence-corrected chi connectivity index (χ1v) is 14.7. The Balaban J connectivity index is 1.47. The van der Waals surface area contributed by atoms with Gasteiger partial charge in [-0.1, -0.05) is 57.4 Å². The van der Waals surface area contributed by atoms with Crippen LogP contribution < -0.4 is 9.47 Å². The summed E-state index contributed by atoms with van der Waals surface area (Å²) in [5, 5.41) is 0. The molecular weight excluding hydrogens is 508 g/mol. The summed E-state index contributed by atoms with van der Waals surface area (Å²) < 4.78 is 17.0. The van der Waals surface area contributed by atoms with Crippen molar-refractivity contribution in [3.05, 3.63) is 114 Å². The van der Waals surface area contributed by atoms with E-state index in [0.717, 1.165) is 72.3 Å². The minimum Gasteiger partial charge on any atom is -0.494 e. The van der Waals surface area contributed by atoms with Crippen molar-refractivity contribution in [2.75, 3.05) is 13.2 Å². The summed E-state index contributed by atoms with van der Waals surface area (Å²) in [5.41, 5.74) is 5.34. The Morgan fingerprint density at radius 2 is 1.51 bits per heavy atom. The van der Waals surface area contributed by atoms with E-state index in [1.165, 1.54) is 24.5 Å². The van der Waals surface area contributed by atoms with Gasteiger partial charge in [0, 0.05) is 22.8 Å². The normalized spacial score (nSPS) is 10.3. The van der Waals surface area contributed by atoms with Gasteiger partial charge in [0.15, 0.2) is 0 Å². The van der Waals surface area contributed by atoms with Gasteiger partial charge in [-0.05, 0) is 111 Å². The zero-order chi connectivity index (χ0) is 29.3. The maximum Gasteiger partial charge on any atom is 0.330 e. The second-order valence-electron chi connectivity index (χ2n) is 9.91. The van der Waals surface area contributed by atoms with Gasteiger partial charge in [0.25, 0.3) is 0 Å². The van der Waals surface area contributed by atoms with Crippen molar-refractivity contribution in [2.24, 2.45) is 0 Å². The molecule has 0 aromatic heterocycles. The molecule has 41 heavy (non-hydrogen) atoms. The molecule has 0 unspecified atom stereocenters. The molecule has 0 aliphatic heterocycles. The van der Waals surface area contributed by atoms with E-state index in [0.29, 0.717) is 19.0 Å². The summed E-state index contributed by atoms with van der Waals surface area (Å²) >= 11 is 0. The summed E-state index contributed by atoms with van der Waals surface area (Å²) in [5.74, 6) is 8.41. The monoisotopic (exact) mass is 550 g/mol. The predicted molar refractivity (Wildman–Crippen MR) is 168 cm³/mol. The topological polar surface area (TPSA) is 44.8 Å². The van der Waals surface area contributed by atoms with Crippen LogP contribution in [0.4, 0.5) is 0 Å². The number of esters is 1. The molecular formula is C37H42O4. The second-order valence-corrected chi connectivity index (χ2v) is 9.91. The SMILES string of the molecule is C=CC(=O)OCCCCCCOc1ccc(C(=C)Oc2ccc(C#Cc3ccc(CCCC)cc3)cc2CC)cc1. The van der Waals surface area contributed by atoms with E-state index in [1.807, 2.05) is 36.4 Å². The first kappa shape index (κ1) is 31.3. The quantitative estimate of drug-likeness (QED) is 0.0588. The fourth-order valence-electron chi connectivity index (χ4n) is 4.22. The van der Waals surface area contributed by atoms with E-state index >= 15 is 0 Å². The average Bonchev–Trinajstić information content (AvgIpc) is 3.01. The molecule has 4 nitrogen and oxygen atoms in total. The molecule has 0 saturated heterocycles. The third-order valence-corrected chi connectivity index (χ3v) is 6.69. The highest BCUT2D eigenvalue weighted by Gasteiger charge is 2.08. The van der Waals surface area contributed by atoms with E-state index in [-0.39, 0.29) is 5.97 Å². The van der Waals surface area contributed by atoms with Crippen LogP contribution in [0.3, 0.4) is 0 Å². The van der Waals surface area contributed by atoms with Gasteiger partial charge >= 0.3 is 5.97 Å². The smallest absolute Gasteiger partial charge is 0.330 e. The minimum atomic E-state index is -0.367. The Bertz CT molecular complexity index is 1320. The number of carbonyl (C=O) groups is 1. The molecule has 0 amide bonds. The molecule has 214 valence electrons. The van der Waals surface area contributed by atoms with Crippen molar-refractivity contribution >= 4 is 11.7 Å². The van der Waals surface area contributed by atoms with Gasteiger partial charge < -0.3 is 14.2 Å². The lowest BCUT2D eigenvalue weighted by Crippen LogP contribution is -2.02. The molecule has 4 heteroatoms. The van der Waals surface area contributed by atoms with Crippen LogP contribution in [0.15, 0.2) is 86.0 Å². The standard InChI is InChI=1S/C37H42O4/c1-5-8-13-30-14-16-31(17-15-30)18-19-32-20-25-36(33(6-2)28-32)41-29(4)34-21-23-35(24-22-34)39-26-11-9-10-12-27-40-37(38)7-3/h7,14-17,20-25,28H,3-6,8-13,26-27H2,1-2H3. The lowest BCUT2D eigenvalue weighted by Gasteiger charge is -2.13. The van der Waals surface area contributed by atoms with Crippen LogP contribution in [-0.2, 0) is 22.4 Å². The summed E-state index contributed by atoms with van der Waals surface area (Å²) in [6, 6.07) is 22.4. The molecule has 0 bridgehead atoms. The summed E-state index contributed by atoms with van der Waals surface area (Å²) in [7, 11) is 0. The number of hydrogen-bond donors (Lipinski definition) is 0. The highest BCUT2D eigenvalue weighted by Crippen LogP contribution is 2.26. The Kier molecular flexibility index (Phi) is 13.3. The largest absolute Gasteiger partial charge is 0.494 e. The number of unbranched alkanes of at least 4 members (excludes halogenated alkanes) is 4. The van der Waals surface area contributed by atoms with Crippen LogP contribution in [0.1, 0.15) is 80.2 Å². The Morgan fingerprint density at radius 1 is 0.829 bits per heavy atom. The van der Waals surface area contributed by atoms with Crippen LogP contribution in [0.5, 0.6) is 11.5 Å². The first-order valence-electron chi connectivity index (χ1n) is 14.7. The van der Waals surface area contributed by atoms with Crippen molar-refractivity contribution in [1.82, 2.24) is 0 Å². The number of carbonyl (C=O) groups excluding carboxylic acids is 1. The lowest BCUT2D eigenvalue weighted by atomic mass is 10.1. The summed E-state index contributed by atoms with van der Waals surface area (Å²) in [6.45, 7) is 12.9. The summed E-state index contributed by atoms with van der Waals surface area (Å²) in [6.07, 6.45) is 9.36. The van der Waals surface area contributed by atoms with Crippen molar-refractivity contribution < 1.29 is 19.0 Å². The van der Waals surface area contributed by atoms with Gasteiger partial charge in [-0.2, -0.15) is 0 Å². The molecule has 0 saturated carbocycles. The van der Waals surface area contributed by atoms with Crippen molar-refractivity contribution in [3.63, 3.8) is 0 Å². The maximum atomic E-state index is 11.0. The second kappa shape index (κ2) is 17.5. The fraction of sp³-hybridized carbons (Fsp3) is 0.324. The van der Waals surface area contributed by atoms with Crippen LogP contribution >= 0.6 is 0 Å². The van der Waals surface area contributed by atoms with Gasteiger partial charge in [0.1, 0.15) is 17.3 Å². The molecule has 0 aliphatic carbocycles. The van der Waals surface area contributed by atoms with Gasteiger partial charge in [-0.15, -0.1) is 0 Å². The molecule has 0 N–H and O–H groups in total. The Labute approximate surface area is 246 Å². The van der Waals surface area contributed by atoms with Gasteiger partial charge in [-0.3, -0.25) is 0 Å². The average molecular weight is 551 g/mol. The van der Waals surface area contributed by atoms with Gasteiger partial charge in [0.2, 0.25) is 0 Å². The van der Waals surface area contributed by atoms with Gasteiger partial charge in [0.05, 0.1) is 13.2 Å². The van der Waals surface area contributed by atoms with Crippen molar-refractivity contribution in [2.45, 2.75) is 65.2 Å². The third-order valence-electron chi connectivity index (χ3n) is 6.69. The molecule has 3 aromatic carbocycles. The minimum absolute atomic E-state index is 0.367. The molecule has 0 fully saturated rings. The Morgan fingerprint density at radius 3 is 2.20 bits per heavy atom. The maximum absolute atomic E-state index is 11.0. The van der Waals surface area contributed by atoms with E-state index in [2.05, 4.69) is 69.2 Å². The van der Waals surface area contributed by atoms with E-state index < -0.39 is 0 Å². The number of aryl methyl sites for hydroxylation is 2. The molecule has 0 atom stereocenters. The first-order chi connectivity index (χ1) is 20.0. The molecule has 0 heterocycles. The summed E-state index contributed by atoms with van der Waals surface area (Å²) in [4.78, 5) is 11.0. The van der Waals surface area contributed by atoms with E-state index in [1.54, 1.807) is 0 Å². The number of benzene rings is 3. The molecule has 0 aliphatic rings. The Hall–Kier alpha value is -4.23. The van der Waals surface area contributed by atoms with E-state index in [9.17, 15) is 4.79 Å². The van der Waals surface area contributed by atoms with Crippen LogP contribution in [0.25, 0.3) is 5.76 Å². The zero-order valence-electron chi connectivity index (χ0n) is 24.5. The van der Waals surface area contributed by atoms with Crippen molar-refractivity contribution in [1.29, 1.82) is 0 Å². The van der Waals surface area contributed by atoms with Gasteiger partial charge in [-0.25, -0.2) is 4.79 Å². The number of ether oxygens (including phenoxy) is 3. The molecule has 3 rings (SSSR count). The molecule has 0 radical (unpaired) electrons. The lowest BCUT2D eigenvalue weighted by molar-refractivity contribution is -0.137. The highest BCUT2D eigenvalue weighted by molar-refractivity contribution is 5.81. The highest BCUT2D eigenvalue weighted by atomic mass is 16.5. The fourth-order valence-corrected chi connectivity index (χ4v) is 4.22. The third kappa shape index (κ3) is 11.0. The predicted octanol–water partition coefficient (Wildman–Crippen LogP) is 8.71. The van der Waals surface area contributed by atoms with Crippen LogP contribution in [0.2, 0.25) is 0 Å².